The molecule has 0 atom stereocenters. The molecular weight excluding hydrogens is 320 g/mol. The highest BCUT2D eigenvalue weighted by Gasteiger charge is 2.02. The van der Waals surface area contributed by atoms with Crippen LogP contribution in [0.5, 0.6) is 0 Å². The van der Waals surface area contributed by atoms with E-state index in [9.17, 15) is 4.79 Å². The molecule has 0 aliphatic rings. The lowest BCUT2D eigenvalue weighted by molar-refractivity contribution is -0.136. The van der Waals surface area contributed by atoms with Gasteiger partial charge in [0.1, 0.15) is 3.53 Å². The van der Waals surface area contributed by atoms with E-state index in [0.29, 0.717) is 5.75 Å². The van der Waals surface area contributed by atoms with Crippen LogP contribution < -0.4 is 0 Å². The molecule has 1 N–H and O–H groups in total. The van der Waals surface area contributed by atoms with Gasteiger partial charge >= 0.3 is 5.97 Å². The third kappa shape index (κ3) is 18.2. The monoisotopic (exact) mass is 350 g/mol. The number of unbranched alkanes of at least 4 members (excludes halogenated alkanes) is 9. The van der Waals surface area contributed by atoms with E-state index >= 15 is 0 Å². The number of hydrogen-bond acceptors (Lipinski definition) is 4. The lowest BCUT2D eigenvalue weighted by Gasteiger charge is -2.03. The van der Waals surface area contributed by atoms with E-state index in [1.165, 1.54) is 76.0 Å². The first-order valence-electron chi connectivity index (χ1n) is 8.18. The average Bonchev–Trinajstić information content (AvgIpc) is 2.44. The zero-order valence-corrected chi connectivity index (χ0v) is 15.7. The van der Waals surface area contributed by atoms with Crippen LogP contribution in [0.4, 0.5) is 0 Å². The fourth-order valence-electron chi connectivity index (χ4n) is 2.01. The molecule has 0 saturated carbocycles. The molecule has 0 unspecified atom stereocenters. The van der Waals surface area contributed by atoms with E-state index in [1.807, 2.05) is 0 Å². The Balaban J connectivity index is 3.14. The van der Waals surface area contributed by atoms with E-state index in [1.54, 1.807) is 11.8 Å². The first-order chi connectivity index (χ1) is 10.2. The maximum Gasteiger partial charge on any atom is 0.304 e. The number of aliphatic carboxylic acids is 1. The van der Waals surface area contributed by atoms with Crippen LogP contribution in [-0.2, 0) is 4.79 Å². The lowest BCUT2D eigenvalue weighted by atomic mass is 10.1. The highest BCUT2D eigenvalue weighted by Crippen LogP contribution is 2.20. The van der Waals surface area contributed by atoms with Crippen LogP contribution in [0.25, 0.3) is 0 Å². The molecule has 0 aromatic rings. The van der Waals surface area contributed by atoms with Crippen molar-refractivity contribution >= 4 is 45.2 Å². The van der Waals surface area contributed by atoms with Gasteiger partial charge in [0.15, 0.2) is 0 Å². The maximum atomic E-state index is 10.4. The second-order valence-electron chi connectivity index (χ2n) is 5.27. The van der Waals surface area contributed by atoms with Crippen molar-refractivity contribution in [1.29, 1.82) is 0 Å². The van der Waals surface area contributed by atoms with Crippen molar-refractivity contribution in [3.63, 3.8) is 0 Å². The van der Waals surface area contributed by atoms with Crippen LogP contribution in [0.2, 0.25) is 0 Å². The van der Waals surface area contributed by atoms with E-state index in [0.717, 1.165) is 9.28 Å². The summed E-state index contributed by atoms with van der Waals surface area (Å²) in [5.74, 6) is 0.930. The Bertz CT molecular complexity index is 270. The van der Waals surface area contributed by atoms with Crippen molar-refractivity contribution in [2.24, 2.45) is 0 Å². The van der Waals surface area contributed by atoms with Gasteiger partial charge in [0.25, 0.3) is 0 Å². The summed E-state index contributed by atoms with van der Waals surface area (Å²) >= 11 is 8.42. The molecule has 0 saturated heterocycles. The number of rotatable bonds is 14. The molecular formula is C16H30O2S3. The molecule has 21 heavy (non-hydrogen) atoms. The smallest absolute Gasteiger partial charge is 0.304 e. The average molecular weight is 351 g/mol. The number of thiocarbonyl (C=S) groups is 1. The van der Waals surface area contributed by atoms with Crippen molar-refractivity contribution in [3.05, 3.63) is 0 Å². The molecule has 0 amide bonds. The van der Waals surface area contributed by atoms with E-state index in [-0.39, 0.29) is 6.42 Å². The van der Waals surface area contributed by atoms with Gasteiger partial charge in [-0.3, -0.25) is 4.79 Å². The van der Waals surface area contributed by atoms with Crippen molar-refractivity contribution in [2.75, 3.05) is 11.5 Å². The Kier molecular flexibility index (Phi) is 16.8. The second kappa shape index (κ2) is 16.6. The molecule has 5 heteroatoms. The van der Waals surface area contributed by atoms with Gasteiger partial charge in [0, 0.05) is 5.75 Å². The molecule has 124 valence electrons. The zero-order valence-electron chi connectivity index (χ0n) is 13.3. The minimum absolute atomic E-state index is 0.198. The summed E-state index contributed by atoms with van der Waals surface area (Å²) in [5, 5.41) is 8.54. The summed E-state index contributed by atoms with van der Waals surface area (Å²) in [6, 6.07) is 0. The molecule has 0 spiro atoms. The van der Waals surface area contributed by atoms with Gasteiger partial charge in [-0.2, -0.15) is 0 Å². The van der Waals surface area contributed by atoms with Gasteiger partial charge in [-0.1, -0.05) is 76.9 Å². The van der Waals surface area contributed by atoms with Crippen molar-refractivity contribution in [1.82, 2.24) is 0 Å². The highest BCUT2D eigenvalue weighted by atomic mass is 32.2. The Morgan fingerprint density at radius 2 is 1.33 bits per heavy atom. The first-order valence-corrected chi connectivity index (χ1v) is 10.6. The van der Waals surface area contributed by atoms with E-state index < -0.39 is 5.97 Å². The topological polar surface area (TPSA) is 37.3 Å². The largest absolute Gasteiger partial charge is 0.481 e. The standard InChI is InChI=1S/C16H30O2S3/c1-2-3-4-5-6-7-8-9-10-11-13-20-16(19)21-14-12-15(17)18/h2-14H2,1H3,(H,17,18). The Morgan fingerprint density at radius 3 is 1.86 bits per heavy atom. The lowest BCUT2D eigenvalue weighted by Crippen LogP contribution is -1.97. The van der Waals surface area contributed by atoms with Gasteiger partial charge < -0.3 is 5.11 Å². The van der Waals surface area contributed by atoms with E-state index in [4.69, 9.17) is 17.3 Å². The first kappa shape index (κ1) is 21.3. The molecule has 0 radical (unpaired) electrons. The Morgan fingerprint density at radius 1 is 0.857 bits per heavy atom. The quantitative estimate of drug-likeness (QED) is 0.301. The summed E-state index contributed by atoms with van der Waals surface area (Å²) in [4.78, 5) is 10.4. The van der Waals surface area contributed by atoms with Gasteiger partial charge in [-0.25, -0.2) is 0 Å². The third-order valence-electron chi connectivity index (χ3n) is 3.25. The Labute approximate surface area is 144 Å². The number of carboxylic acid groups (broad SMARTS) is 1. The minimum Gasteiger partial charge on any atom is -0.481 e. The van der Waals surface area contributed by atoms with E-state index in [2.05, 4.69) is 6.92 Å². The molecule has 0 aliphatic carbocycles. The van der Waals surface area contributed by atoms with Gasteiger partial charge in [0.2, 0.25) is 0 Å². The number of carboxylic acids is 1. The predicted octanol–water partition coefficient (Wildman–Crippen LogP) is 6.13. The maximum absolute atomic E-state index is 10.4. The third-order valence-corrected chi connectivity index (χ3v) is 6.04. The summed E-state index contributed by atoms with van der Waals surface area (Å²) in [6.07, 6.45) is 13.8. The fraction of sp³-hybridized carbons (Fsp3) is 0.875. The van der Waals surface area contributed by atoms with Crippen LogP contribution in [0.3, 0.4) is 0 Å². The molecule has 2 nitrogen and oxygen atoms in total. The molecule has 0 aliphatic heterocycles. The number of carbonyl (C=O) groups is 1. The summed E-state index contributed by atoms with van der Waals surface area (Å²) in [5.41, 5.74) is 0. The van der Waals surface area contributed by atoms with Crippen LogP contribution in [0.1, 0.15) is 77.6 Å². The predicted molar refractivity (Wildman–Crippen MR) is 102 cm³/mol. The van der Waals surface area contributed by atoms with Gasteiger partial charge in [-0.15, -0.1) is 23.5 Å². The molecule has 0 aromatic carbocycles. The summed E-state index contributed by atoms with van der Waals surface area (Å²) in [7, 11) is 0. The second-order valence-corrected chi connectivity index (χ2v) is 8.67. The van der Waals surface area contributed by atoms with Crippen molar-refractivity contribution < 1.29 is 9.90 Å². The molecule has 0 heterocycles. The normalized spacial score (nSPS) is 10.7. The minimum atomic E-state index is -0.745. The molecule has 0 bridgehead atoms. The van der Waals surface area contributed by atoms with Gasteiger partial charge in [-0.05, 0) is 12.2 Å². The zero-order chi connectivity index (χ0) is 15.8. The SMILES string of the molecule is CCCCCCCCCCCCSC(=S)SCCC(=O)O. The van der Waals surface area contributed by atoms with Crippen molar-refractivity contribution in [3.8, 4) is 0 Å². The van der Waals surface area contributed by atoms with Crippen LogP contribution in [-0.4, -0.2) is 26.1 Å². The molecule has 0 aromatic heterocycles. The summed E-state index contributed by atoms with van der Waals surface area (Å²) < 4.78 is 0.896. The molecule has 0 fully saturated rings. The fourth-order valence-corrected chi connectivity index (χ4v) is 4.30. The Hall–Kier alpha value is 0.260. The number of hydrogen-bond donors (Lipinski definition) is 1. The van der Waals surface area contributed by atoms with Crippen LogP contribution >= 0.6 is 35.7 Å². The highest BCUT2D eigenvalue weighted by molar-refractivity contribution is 8.47. The van der Waals surface area contributed by atoms with Crippen LogP contribution in [0, 0.1) is 0 Å². The van der Waals surface area contributed by atoms with Gasteiger partial charge in [0.05, 0.1) is 6.42 Å². The summed E-state index contributed by atoms with van der Waals surface area (Å²) in [6.45, 7) is 2.26. The van der Waals surface area contributed by atoms with Crippen molar-refractivity contribution in [2.45, 2.75) is 77.6 Å². The number of thioether (sulfide) groups is 2. The molecule has 0 rings (SSSR count). The van der Waals surface area contributed by atoms with Crippen LogP contribution in [0.15, 0.2) is 0 Å².